The number of nitrogens with one attached hydrogen (secondary N) is 3. The largest absolute Gasteiger partial charge is 0.492 e. The molecule has 0 aliphatic carbocycles. The van der Waals surface area contributed by atoms with Gasteiger partial charge in [0.05, 0.1) is 81.4 Å². The van der Waals surface area contributed by atoms with E-state index in [0.29, 0.717) is 68.1 Å². The molecule has 0 spiro atoms. The summed E-state index contributed by atoms with van der Waals surface area (Å²) in [7, 11) is 0. The van der Waals surface area contributed by atoms with Gasteiger partial charge in [-0.2, -0.15) is 13.2 Å². The zero-order chi connectivity index (χ0) is 81.5. The molecule has 14 rings (SSSR count). The van der Waals surface area contributed by atoms with Crippen LogP contribution in [0.4, 0.5) is 51.7 Å². The van der Waals surface area contributed by atoms with Crippen molar-refractivity contribution >= 4 is 90.2 Å². The average Bonchev–Trinajstić information content (AvgIpc) is 1.63. The molecule has 5 aliphatic rings. The first kappa shape index (κ1) is 84.3. The number of likely N-dealkylation sites (tertiary alicyclic amines) is 2. The highest BCUT2D eigenvalue weighted by molar-refractivity contribution is 7.20. The fourth-order valence-corrected chi connectivity index (χ4v) is 17.1. The fraction of sp³-hybridized carbons (Fsp3) is 0.483. The summed E-state index contributed by atoms with van der Waals surface area (Å²) in [6, 6.07) is 25.6. The molecule has 9 aromatic rings. The first-order valence-electron chi connectivity index (χ1n) is 39.2. The molecule has 5 aliphatic heterocycles. The number of nitrogens with zero attached hydrogens (tertiary/aromatic N) is 6. The molecule has 21 nitrogen and oxygen atoms in total. The number of carboxylic acid groups (broad SMARTS) is 1. The first-order chi connectivity index (χ1) is 53.4. The number of carbonyl (C=O) groups excluding carboxylic acids is 2. The maximum Gasteiger partial charge on any atom is 0.490 e. The number of alkyl halides is 3. The monoisotopic (exact) mass is 1590 g/mol. The molecular weight excluding hydrogens is 1480 g/mol. The zero-order valence-electron chi connectivity index (χ0n) is 68.1. The van der Waals surface area contributed by atoms with Crippen molar-refractivity contribution in [1.29, 1.82) is 0 Å². The number of benzene rings is 5. The predicted octanol–water partition coefficient (Wildman–Crippen LogP) is 20.6. The Hall–Kier alpha value is -9.66. The van der Waals surface area contributed by atoms with Gasteiger partial charge in [0.1, 0.15) is 39.9 Å². The highest BCUT2D eigenvalue weighted by Crippen LogP contribution is 2.48. The summed E-state index contributed by atoms with van der Waals surface area (Å²) < 4.78 is 75.5. The molecule has 606 valence electrons. The number of aliphatic carboxylic acids is 1. The van der Waals surface area contributed by atoms with Gasteiger partial charge in [0.25, 0.3) is 0 Å². The highest BCUT2D eigenvalue weighted by Gasteiger charge is 2.39. The third-order valence-corrected chi connectivity index (χ3v) is 22.1. The van der Waals surface area contributed by atoms with Crippen LogP contribution < -0.4 is 45.4 Å². The molecule has 0 bridgehead atoms. The number of para-hydroxylation sites is 2. The number of piperidine rings is 3. The van der Waals surface area contributed by atoms with Crippen LogP contribution in [0.2, 0.25) is 0 Å². The second-order valence-corrected chi connectivity index (χ2v) is 34.9. The Kier molecular flexibility index (Phi) is 26.7. The number of ether oxygens (including phenoxy) is 7. The molecule has 4 aromatic heterocycles. The van der Waals surface area contributed by atoms with Crippen molar-refractivity contribution in [3.63, 3.8) is 0 Å². The lowest BCUT2D eigenvalue weighted by atomic mass is 9.86. The van der Waals surface area contributed by atoms with E-state index in [0.717, 1.165) is 154 Å². The Labute approximate surface area is 669 Å². The van der Waals surface area contributed by atoms with Gasteiger partial charge in [-0.1, -0.05) is 36.4 Å². The lowest BCUT2D eigenvalue weighted by Crippen LogP contribution is -2.41. The van der Waals surface area contributed by atoms with Gasteiger partial charge in [0.2, 0.25) is 11.9 Å². The predicted molar refractivity (Wildman–Crippen MR) is 443 cm³/mol. The van der Waals surface area contributed by atoms with E-state index in [1.807, 2.05) is 92.6 Å². The number of thiophene rings is 2. The smallest absolute Gasteiger partial charge is 0.490 e. The van der Waals surface area contributed by atoms with Gasteiger partial charge >= 0.3 is 24.3 Å². The normalized spacial score (nSPS) is 15.4. The molecule has 0 saturated carbocycles. The minimum atomic E-state index is -5.08. The molecular formula is C87H109F3N10O11S2. The van der Waals surface area contributed by atoms with Crippen LogP contribution in [0.15, 0.2) is 85.2 Å². The van der Waals surface area contributed by atoms with E-state index < -0.39 is 23.3 Å². The topological polar surface area (TPSA) is 256 Å². The molecule has 3 saturated heterocycles. The molecule has 0 atom stereocenters. The van der Waals surface area contributed by atoms with Crippen LogP contribution >= 0.6 is 22.7 Å². The van der Waals surface area contributed by atoms with Crippen LogP contribution in [-0.4, -0.2) is 141 Å². The van der Waals surface area contributed by atoms with Gasteiger partial charge in [-0.05, 0) is 268 Å². The molecule has 26 heteroatoms. The number of aromatic nitrogens is 4. The lowest BCUT2D eigenvalue weighted by Gasteiger charge is -2.34. The van der Waals surface area contributed by atoms with Crippen molar-refractivity contribution in [2.24, 2.45) is 0 Å². The summed E-state index contributed by atoms with van der Waals surface area (Å²) >= 11 is 3.43. The highest BCUT2D eigenvalue weighted by atomic mass is 32.1. The summed E-state index contributed by atoms with van der Waals surface area (Å²) in [5, 5.41) is 17.6. The van der Waals surface area contributed by atoms with Gasteiger partial charge in [-0.3, -0.25) is 0 Å². The molecule has 0 unspecified atom stereocenters. The van der Waals surface area contributed by atoms with Gasteiger partial charge < -0.3 is 69.7 Å². The van der Waals surface area contributed by atoms with Crippen LogP contribution in [0.1, 0.15) is 194 Å². The van der Waals surface area contributed by atoms with Crippen LogP contribution in [-0.2, 0) is 27.1 Å². The Morgan fingerprint density at radius 1 is 0.558 bits per heavy atom. The summed E-state index contributed by atoms with van der Waals surface area (Å²) in [5.41, 5.74) is 24.0. The van der Waals surface area contributed by atoms with E-state index in [9.17, 15) is 22.8 Å². The van der Waals surface area contributed by atoms with E-state index in [1.165, 1.54) is 54.3 Å². The molecule has 6 N–H and O–H groups in total. The molecule has 3 fully saturated rings. The standard InChI is InChI=1S/C35H42N4O4S.C30H34N4O2S.C20H32N2O3.C2HF3O2/c1-20(2)42-28-18-26(23-11-14-39(15-12-23)34(40)43-35(5,6)7)21(3)17-27(28)37-33-36-19-29-31(38-33)30(22(4)44-29)25-10-8-9-24-13-16-41-32(24)25;1-17(2)36-25-15-23(20-8-11-31-12-9-20)18(3)14-24(25)33-30-32-16-26-28(34-30)27(19(4)37-26)22-7-5-6-21-10-13-35-29(21)22;1-13(2)24-18-12-16(14(3)11-17(18)21)15-7-9-22(10-8-15)19(23)25-20(4,5)6;3-2(4,5)1(6)7/h8-10,17-20,23H,11-16H2,1-7H3,(H,36,37,38);5-7,14-17,20,31H,8-13H2,1-4H3,(H,32,33,34);11-13,15H,7-10,21H2,1-6H3;(H,6,7). The van der Waals surface area contributed by atoms with Crippen molar-refractivity contribution in [3.8, 4) is 51.0 Å². The van der Waals surface area contributed by atoms with Crippen molar-refractivity contribution in [2.75, 3.05) is 68.8 Å². The summed E-state index contributed by atoms with van der Waals surface area (Å²) in [6.45, 7) is 40.7. The number of hydrogen-bond donors (Lipinski definition) is 5. The van der Waals surface area contributed by atoms with Crippen LogP contribution in [0, 0.1) is 34.6 Å². The van der Waals surface area contributed by atoms with Gasteiger partial charge in [-0.15, -0.1) is 22.7 Å². The number of rotatable bonds is 15. The summed E-state index contributed by atoms with van der Waals surface area (Å²) in [6.07, 6.45) is 6.24. The van der Waals surface area contributed by atoms with Crippen LogP contribution in [0.5, 0.6) is 28.7 Å². The number of carbonyl (C=O) groups is 3. The molecule has 2 amide bonds. The van der Waals surface area contributed by atoms with Gasteiger partial charge in [-0.25, -0.2) is 34.3 Å². The van der Waals surface area contributed by atoms with Crippen molar-refractivity contribution in [3.05, 3.63) is 139 Å². The summed E-state index contributed by atoms with van der Waals surface area (Å²) in [5.74, 6) is 3.99. The SMILES string of the molecule is Cc1cc(N)c(OC(C)C)cc1C1CCN(C(=O)OC(C)(C)C)CC1.Cc1cc(Nc2ncc3sc(C)c(-c4cccc5c4OCC5)c3n2)c(OC(C)C)cc1C1CCN(C(=O)OC(C)(C)C)CC1.Cc1cc(Nc2ncc3sc(C)c(-c4cccc5c4OCC5)c3n2)c(OC(C)C)cc1C1CCNCC1.O=C(O)C(F)(F)F. The minimum Gasteiger partial charge on any atom is -0.492 e. The average molecular weight is 1590 g/mol. The second-order valence-electron chi connectivity index (χ2n) is 32.4. The number of aryl methyl sites for hydroxylation is 5. The van der Waals surface area contributed by atoms with Crippen molar-refractivity contribution in [1.82, 2.24) is 35.1 Å². The fourth-order valence-electron chi connectivity index (χ4n) is 15.1. The Bertz CT molecular complexity index is 4890. The van der Waals surface area contributed by atoms with E-state index in [-0.39, 0.29) is 30.5 Å². The Morgan fingerprint density at radius 3 is 1.29 bits per heavy atom. The third kappa shape index (κ3) is 21.2. The van der Waals surface area contributed by atoms with E-state index >= 15 is 0 Å². The van der Waals surface area contributed by atoms with Crippen molar-refractivity contribution in [2.45, 2.75) is 223 Å². The van der Waals surface area contributed by atoms with Gasteiger partial charge in [0, 0.05) is 71.0 Å². The first-order valence-corrected chi connectivity index (χ1v) is 40.8. The van der Waals surface area contributed by atoms with E-state index in [1.54, 1.807) is 27.6 Å². The molecule has 0 radical (unpaired) electrons. The quantitative estimate of drug-likeness (QED) is 0.0598. The van der Waals surface area contributed by atoms with Crippen molar-refractivity contribution < 1.29 is 65.8 Å². The number of fused-ring (bicyclic) bond motifs is 4. The third-order valence-electron chi connectivity index (χ3n) is 20.1. The summed E-state index contributed by atoms with van der Waals surface area (Å²) in [4.78, 5) is 59.2. The number of nitrogen functional groups attached to an aromatic ring is 1. The minimum absolute atomic E-state index is 0.00479. The maximum absolute atomic E-state index is 12.6. The number of nitrogens with two attached hydrogens (primary N) is 1. The molecule has 113 heavy (non-hydrogen) atoms. The maximum atomic E-state index is 12.6. The van der Waals surface area contributed by atoms with E-state index in [4.69, 9.17) is 58.8 Å². The number of halogens is 3. The van der Waals surface area contributed by atoms with Crippen LogP contribution in [0.3, 0.4) is 0 Å². The lowest BCUT2D eigenvalue weighted by molar-refractivity contribution is -0.192. The zero-order valence-corrected chi connectivity index (χ0v) is 69.7. The second kappa shape index (κ2) is 35.8. The number of anilines is 5. The van der Waals surface area contributed by atoms with Gasteiger partial charge in [0.15, 0.2) is 0 Å². The van der Waals surface area contributed by atoms with Crippen LogP contribution in [0.25, 0.3) is 42.7 Å². The van der Waals surface area contributed by atoms with E-state index in [2.05, 4.69) is 141 Å². The molecule has 5 aromatic carbocycles. The Morgan fingerprint density at radius 2 is 0.920 bits per heavy atom. The number of amides is 2. The Balaban J connectivity index is 0.000000166. The number of hydrogen-bond acceptors (Lipinski definition) is 20. The number of carboxylic acids is 1. The molecule has 9 heterocycles.